The van der Waals surface area contributed by atoms with Crippen molar-refractivity contribution in [3.8, 4) is 5.88 Å². The van der Waals surface area contributed by atoms with E-state index in [1.165, 1.54) is 0 Å². The van der Waals surface area contributed by atoms with Crippen molar-refractivity contribution < 1.29 is 9.90 Å². The Morgan fingerprint density at radius 1 is 1.23 bits per heavy atom. The molecule has 1 aromatic heterocycles. The van der Waals surface area contributed by atoms with Gasteiger partial charge in [0.1, 0.15) is 5.71 Å². The topological polar surface area (TPSA) is 65.4 Å². The van der Waals surface area contributed by atoms with Crippen LogP contribution in [0.4, 0.5) is 5.69 Å². The van der Waals surface area contributed by atoms with E-state index in [2.05, 4.69) is 25.9 Å². The molecule has 5 heteroatoms. The van der Waals surface area contributed by atoms with Crippen LogP contribution in [-0.4, -0.2) is 21.6 Å². The van der Waals surface area contributed by atoms with Crippen molar-refractivity contribution in [2.24, 2.45) is 4.99 Å². The molecule has 1 aliphatic heterocycles. The molecule has 0 aliphatic carbocycles. The van der Waals surface area contributed by atoms with E-state index in [-0.39, 0.29) is 17.4 Å². The number of nitrogens with zero attached hydrogens (tertiary/aromatic N) is 1. The first kappa shape index (κ1) is 13.3. The normalized spacial score (nSPS) is 13.5. The van der Waals surface area contributed by atoms with Gasteiger partial charge in [0.05, 0.1) is 16.8 Å². The van der Waals surface area contributed by atoms with Gasteiger partial charge in [0.15, 0.2) is 5.88 Å². The van der Waals surface area contributed by atoms with E-state index in [1.54, 1.807) is 12.1 Å². The minimum Gasteiger partial charge on any atom is -0.494 e. The van der Waals surface area contributed by atoms with Gasteiger partial charge in [-0.15, -0.1) is 0 Å². The highest BCUT2D eigenvalue weighted by Crippen LogP contribution is 2.37. The number of hydrogen-bond acceptors (Lipinski definition) is 3. The molecule has 4 rings (SSSR count). The first-order valence-corrected chi connectivity index (χ1v) is 7.59. The molecule has 108 valence electrons. The number of aliphatic imine (C=N–C) groups is 1. The number of carbonyl (C=O) groups is 1. The number of carbonyl (C=O) groups excluding carboxylic acids is 1. The third-order valence-corrected chi connectivity index (χ3v) is 4.34. The average molecular weight is 355 g/mol. The van der Waals surface area contributed by atoms with Crippen LogP contribution in [0.2, 0.25) is 0 Å². The number of aromatic hydroxyl groups is 1. The van der Waals surface area contributed by atoms with Gasteiger partial charge >= 0.3 is 0 Å². The van der Waals surface area contributed by atoms with Gasteiger partial charge in [-0.25, -0.2) is 4.99 Å². The van der Waals surface area contributed by atoms with Crippen molar-refractivity contribution in [3.05, 3.63) is 57.6 Å². The lowest BCUT2D eigenvalue weighted by Gasteiger charge is -2.01. The molecule has 22 heavy (non-hydrogen) atoms. The molecule has 0 unspecified atom stereocenters. The zero-order valence-electron chi connectivity index (χ0n) is 11.6. The van der Waals surface area contributed by atoms with Gasteiger partial charge < -0.3 is 10.1 Å². The van der Waals surface area contributed by atoms with E-state index in [0.717, 1.165) is 20.9 Å². The van der Waals surface area contributed by atoms with Gasteiger partial charge in [0, 0.05) is 15.4 Å². The van der Waals surface area contributed by atoms with Crippen LogP contribution < -0.4 is 0 Å². The Morgan fingerprint density at radius 2 is 2.00 bits per heavy atom. The van der Waals surface area contributed by atoms with E-state index in [0.29, 0.717) is 16.8 Å². The molecule has 2 heterocycles. The number of halogens is 1. The minimum atomic E-state index is -0.163. The molecule has 3 aromatic rings. The molecule has 0 bridgehead atoms. The Bertz CT molecular complexity index is 986. The number of benzene rings is 2. The van der Waals surface area contributed by atoms with Crippen molar-refractivity contribution in [1.82, 2.24) is 4.98 Å². The zero-order valence-corrected chi connectivity index (χ0v) is 13.2. The molecule has 2 N–H and O–H groups in total. The summed E-state index contributed by atoms with van der Waals surface area (Å²) in [6.07, 6.45) is 0. The fourth-order valence-corrected chi connectivity index (χ4v) is 3.46. The van der Waals surface area contributed by atoms with Gasteiger partial charge in [-0.2, -0.15) is 0 Å². The van der Waals surface area contributed by atoms with Gasteiger partial charge in [-0.05, 0) is 36.8 Å². The second kappa shape index (κ2) is 4.55. The predicted octanol–water partition coefficient (Wildman–Crippen LogP) is 4.26. The van der Waals surface area contributed by atoms with Crippen molar-refractivity contribution >= 4 is 44.0 Å². The number of rotatable bonds is 1. The molecular formula is C17H11BrN2O2. The SMILES string of the molecule is Cc1cc(Br)cc2c(C3=Nc4ccccc4C3=O)c(O)[nH]c12. The summed E-state index contributed by atoms with van der Waals surface area (Å²) in [6, 6.07) is 11.0. The number of ketones is 1. The van der Waals surface area contributed by atoms with Gasteiger partial charge in [0.25, 0.3) is 0 Å². The van der Waals surface area contributed by atoms with Crippen LogP contribution in [0.3, 0.4) is 0 Å². The predicted molar refractivity (Wildman–Crippen MR) is 89.4 cm³/mol. The third-order valence-electron chi connectivity index (χ3n) is 3.88. The lowest BCUT2D eigenvalue weighted by atomic mass is 10.0. The summed E-state index contributed by atoms with van der Waals surface area (Å²) in [5.41, 5.74) is 3.74. The lowest BCUT2D eigenvalue weighted by molar-refractivity contribution is 0.107. The molecule has 1 aliphatic rings. The monoisotopic (exact) mass is 354 g/mol. The maximum Gasteiger partial charge on any atom is 0.214 e. The summed E-state index contributed by atoms with van der Waals surface area (Å²) in [5, 5.41) is 11.1. The fourth-order valence-electron chi connectivity index (χ4n) is 2.89. The van der Waals surface area contributed by atoms with Gasteiger partial charge in [-0.1, -0.05) is 28.1 Å². The summed E-state index contributed by atoms with van der Waals surface area (Å²) >= 11 is 3.46. The smallest absolute Gasteiger partial charge is 0.214 e. The third kappa shape index (κ3) is 1.75. The fraction of sp³-hybridized carbons (Fsp3) is 0.0588. The highest BCUT2D eigenvalue weighted by molar-refractivity contribution is 9.10. The van der Waals surface area contributed by atoms with Crippen LogP contribution in [0.15, 0.2) is 45.9 Å². The quantitative estimate of drug-likeness (QED) is 0.685. The second-order valence-electron chi connectivity index (χ2n) is 5.30. The number of aromatic amines is 1. The lowest BCUT2D eigenvalue weighted by Crippen LogP contribution is -2.10. The molecule has 0 atom stereocenters. The Balaban J connectivity index is 2.01. The van der Waals surface area contributed by atoms with Crippen LogP contribution >= 0.6 is 15.9 Å². The standard InChI is InChI=1S/C17H11BrN2O2/c1-8-6-9(18)7-11-13(17(22)20-14(8)11)15-16(21)10-4-2-3-5-12(10)19-15/h2-7,20,22H,1H3. The molecular weight excluding hydrogens is 344 g/mol. The van der Waals surface area contributed by atoms with E-state index in [9.17, 15) is 9.90 Å². The Labute approximate surface area is 134 Å². The summed E-state index contributed by atoms with van der Waals surface area (Å²) in [5.74, 6) is -0.194. The van der Waals surface area contributed by atoms with Crippen LogP contribution in [0.1, 0.15) is 21.5 Å². The van der Waals surface area contributed by atoms with Crippen LogP contribution in [0, 0.1) is 6.92 Å². The second-order valence-corrected chi connectivity index (χ2v) is 6.22. The molecule has 4 nitrogen and oxygen atoms in total. The van der Waals surface area contributed by atoms with E-state index >= 15 is 0 Å². The van der Waals surface area contributed by atoms with Crippen LogP contribution in [-0.2, 0) is 0 Å². The summed E-state index contributed by atoms with van der Waals surface area (Å²) < 4.78 is 0.890. The number of hydrogen-bond donors (Lipinski definition) is 2. The maximum absolute atomic E-state index is 12.6. The first-order valence-electron chi connectivity index (χ1n) is 6.80. The Hall–Kier alpha value is -2.40. The molecule has 0 saturated heterocycles. The van der Waals surface area contributed by atoms with Gasteiger partial charge in [-0.3, -0.25) is 4.79 Å². The number of nitrogens with one attached hydrogen (secondary N) is 1. The number of Topliss-reactive ketones (excluding diaryl/α,β-unsaturated/α-hetero) is 1. The summed E-state index contributed by atoms with van der Waals surface area (Å²) in [6.45, 7) is 1.94. The van der Waals surface area contributed by atoms with Crippen LogP contribution in [0.5, 0.6) is 5.88 Å². The highest BCUT2D eigenvalue weighted by Gasteiger charge is 2.30. The molecule has 0 radical (unpaired) electrons. The van der Waals surface area contributed by atoms with E-state index < -0.39 is 0 Å². The largest absolute Gasteiger partial charge is 0.494 e. The van der Waals surface area contributed by atoms with Crippen molar-refractivity contribution in [2.45, 2.75) is 6.92 Å². The molecule has 2 aromatic carbocycles. The number of aryl methyl sites for hydroxylation is 1. The number of aromatic nitrogens is 1. The molecule has 0 fully saturated rings. The molecule has 0 amide bonds. The summed E-state index contributed by atoms with van der Waals surface area (Å²) in [4.78, 5) is 20.0. The zero-order chi connectivity index (χ0) is 15.4. The number of para-hydroxylation sites is 1. The Morgan fingerprint density at radius 3 is 2.77 bits per heavy atom. The average Bonchev–Trinajstić information content (AvgIpc) is 2.97. The van der Waals surface area contributed by atoms with Crippen molar-refractivity contribution in [1.29, 1.82) is 0 Å². The highest BCUT2D eigenvalue weighted by atomic mass is 79.9. The number of fused-ring (bicyclic) bond motifs is 2. The molecule has 0 spiro atoms. The minimum absolute atomic E-state index is 0.0314. The van der Waals surface area contributed by atoms with Crippen molar-refractivity contribution in [3.63, 3.8) is 0 Å². The van der Waals surface area contributed by atoms with E-state index in [1.807, 2.05) is 31.2 Å². The van der Waals surface area contributed by atoms with Gasteiger partial charge in [0.2, 0.25) is 5.78 Å². The van der Waals surface area contributed by atoms with Crippen molar-refractivity contribution in [2.75, 3.05) is 0 Å². The van der Waals surface area contributed by atoms with Crippen LogP contribution in [0.25, 0.3) is 10.9 Å². The number of H-pyrrole nitrogens is 1. The maximum atomic E-state index is 12.6. The molecule has 0 saturated carbocycles. The summed E-state index contributed by atoms with van der Waals surface area (Å²) in [7, 11) is 0. The van der Waals surface area contributed by atoms with E-state index in [4.69, 9.17) is 0 Å². The Kier molecular flexibility index (Phi) is 2.74. The first-order chi connectivity index (χ1) is 10.6.